The Morgan fingerprint density at radius 2 is 2.13 bits per heavy atom. The lowest BCUT2D eigenvalue weighted by Gasteiger charge is -2.16. The molecule has 1 N–H and O–H groups in total. The number of carboxylic acid groups (broad SMARTS) is 1. The zero-order chi connectivity index (χ0) is 11.5. The van der Waals surface area contributed by atoms with Crippen molar-refractivity contribution in [2.75, 3.05) is 0 Å². The first kappa shape index (κ1) is 11.6. The first-order chi connectivity index (χ1) is 6.91. The van der Waals surface area contributed by atoms with Gasteiger partial charge in [-0.2, -0.15) is 0 Å². The van der Waals surface area contributed by atoms with E-state index in [0.29, 0.717) is 13.0 Å². The van der Waals surface area contributed by atoms with Crippen LogP contribution in [0.1, 0.15) is 39.4 Å². The van der Waals surface area contributed by atoms with Crippen molar-refractivity contribution in [2.24, 2.45) is 0 Å². The van der Waals surface area contributed by atoms with Crippen molar-refractivity contribution in [1.82, 2.24) is 20.2 Å². The molecule has 0 aliphatic heterocycles. The number of aliphatic carboxylic acids is 1. The molecule has 1 aromatic heterocycles. The van der Waals surface area contributed by atoms with E-state index in [2.05, 4.69) is 15.5 Å². The minimum absolute atomic E-state index is 0.118. The Balaban J connectivity index is 2.62. The summed E-state index contributed by atoms with van der Waals surface area (Å²) in [5.74, 6) is -0.00623. The van der Waals surface area contributed by atoms with Gasteiger partial charge >= 0.3 is 5.97 Å². The van der Waals surface area contributed by atoms with Gasteiger partial charge in [-0.1, -0.05) is 20.8 Å². The molecule has 0 atom stereocenters. The van der Waals surface area contributed by atoms with Crippen LogP contribution in [0.25, 0.3) is 0 Å². The van der Waals surface area contributed by atoms with E-state index in [0.717, 1.165) is 5.82 Å². The number of carbonyl (C=O) groups is 1. The van der Waals surface area contributed by atoms with E-state index in [1.807, 2.05) is 20.8 Å². The summed E-state index contributed by atoms with van der Waals surface area (Å²) < 4.78 is 1.67. The molecule has 15 heavy (non-hydrogen) atoms. The van der Waals surface area contributed by atoms with Crippen LogP contribution in [0.4, 0.5) is 0 Å². The minimum Gasteiger partial charge on any atom is -0.481 e. The molecular formula is C9H16N4O2. The molecule has 0 aliphatic rings. The fourth-order valence-electron chi connectivity index (χ4n) is 1.27. The van der Waals surface area contributed by atoms with E-state index in [9.17, 15) is 4.79 Å². The van der Waals surface area contributed by atoms with Gasteiger partial charge in [0.2, 0.25) is 0 Å². The molecule has 6 heteroatoms. The third-order valence-corrected chi connectivity index (χ3v) is 1.96. The molecule has 0 aromatic carbocycles. The van der Waals surface area contributed by atoms with Gasteiger partial charge in [0, 0.05) is 18.4 Å². The summed E-state index contributed by atoms with van der Waals surface area (Å²) in [7, 11) is 0. The molecule has 0 saturated carbocycles. The van der Waals surface area contributed by atoms with Crippen molar-refractivity contribution in [2.45, 2.75) is 45.6 Å². The van der Waals surface area contributed by atoms with Crippen LogP contribution in [0.5, 0.6) is 0 Å². The molecule has 1 aromatic rings. The number of aromatic nitrogens is 4. The van der Waals surface area contributed by atoms with Crippen molar-refractivity contribution in [3.05, 3.63) is 5.82 Å². The largest absolute Gasteiger partial charge is 0.481 e. The second-order valence-corrected chi connectivity index (χ2v) is 4.47. The molecule has 0 spiro atoms. The van der Waals surface area contributed by atoms with Crippen LogP contribution >= 0.6 is 0 Å². The van der Waals surface area contributed by atoms with Gasteiger partial charge in [-0.25, -0.2) is 4.68 Å². The Hall–Kier alpha value is -1.46. The average Bonchev–Trinajstić information content (AvgIpc) is 2.50. The van der Waals surface area contributed by atoms with Gasteiger partial charge in [0.05, 0.1) is 0 Å². The summed E-state index contributed by atoms with van der Waals surface area (Å²) in [6.45, 7) is 6.61. The second-order valence-electron chi connectivity index (χ2n) is 4.47. The third-order valence-electron chi connectivity index (χ3n) is 1.96. The molecule has 0 fully saturated rings. The maximum Gasteiger partial charge on any atom is 0.303 e. The molecule has 0 amide bonds. The molecule has 84 valence electrons. The molecular weight excluding hydrogens is 196 g/mol. The van der Waals surface area contributed by atoms with Crippen molar-refractivity contribution in [1.29, 1.82) is 0 Å². The topological polar surface area (TPSA) is 80.9 Å². The Labute approximate surface area is 88.3 Å². The maximum absolute atomic E-state index is 10.3. The maximum atomic E-state index is 10.3. The first-order valence-electron chi connectivity index (χ1n) is 4.89. The lowest BCUT2D eigenvalue weighted by molar-refractivity contribution is -0.137. The fourth-order valence-corrected chi connectivity index (χ4v) is 1.27. The highest BCUT2D eigenvalue weighted by Crippen LogP contribution is 2.18. The normalized spacial score (nSPS) is 11.7. The Morgan fingerprint density at radius 1 is 1.47 bits per heavy atom. The van der Waals surface area contributed by atoms with Crippen molar-refractivity contribution in [3.63, 3.8) is 0 Å². The van der Waals surface area contributed by atoms with Crippen molar-refractivity contribution >= 4 is 5.97 Å². The van der Waals surface area contributed by atoms with E-state index < -0.39 is 5.97 Å². The molecule has 0 unspecified atom stereocenters. The smallest absolute Gasteiger partial charge is 0.303 e. The van der Waals surface area contributed by atoms with Crippen molar-refractivity contribution in [3.8, 4) is 0 Å². The summed E-state index contributed by atoms with van der Waals surface area (Å²) in [5.41, 5.74) is -0.118. The molecule has 6 nitrogen and oxygen atoms in total. The zero-order valence-electron chi connectivity index (χ0n) is 9.27. The summed E-state index contributed by atoms with van der Waals surface area (Å²) >= 11 is 0. The van der Waals surface area contributed by atoms with Crippen molar-refractivity contribution < 1.29 is 9.90 Å². The van der Waals surface area contributed by atoms with Gasteiger partial charge in [-0.05, 0) is 16.8 Å². The SMILES string of the molecule is CC(C)(C)c1nnnn1CCCC(=O)O. The number of hydrogen-bond donors (Lipinski definition) is 1. The second kappa shape index (κ2) is 4.37. The standard InChI is InChI=1S/C9H16N4O2/c1-9(2,3)8-10-11-12-13(8)6-4-5-7(14)15/h4-6H2,1-3H3,(H,14,15). The molecule has 1 rings (SSSR count). The van der Waals surface area contributed by atoms with E-state index in [-0.39, 0.29) is 11.8 Å². The Bertz CT molecular complexity index is 340. The van der Waals surface area contributed by atoms with Crippen LogP contribution in [0.3, 0.4) is 0 Å². The van der Waals surface area contributed by atoms with E-state index in [1.54, 1.807) is 4.68 Å². The van der Waals surface area contributed by atoms with E-state index in [4.69, 9.17) is 5.11 Å². The molecule has 0 radical (unpaired) electrons. The molecule has 1 heterocycles. The highest BCUT2D eigenvalue weighted by Gasteiger charge is 2.21. The van der Waals surface area contributed by atoms with Gasteiger partial charge in [0.15, 0.2) is 5.82 Å². The fraction of sp³-hybridized carbons (Fsp3) is 0.778. The minimum atomic E-state index is -0.791. The monoisotopic (exact) mass is 212 g/mol. The summed E-state index contributed by atoms with van der Waals surface area (Å²) in [4.78, 5) is 10.3. The van der Waals surface area contributed by atoms with Crippen LogP contribution < -0.4 is 0 Å². The lowest BCUT2D eigenvalue weighted by Crippen LogP contribution is -2.20. The highest BCUT2D eigenvalue weighted by atomic mass is 16.4. The Morgan fingerprint density at radius 3 is 2.67 bits per heavy atom. The number of aryl methyl sites for hydroxylation is 1. The van der Waals surface area contributed by atoms with Crippen LogP contribution in [-0.4, -0.2) is 31.3 Å². The first-order valence-corrected chi connectivity index (χ1v) is 4.89. The van der Waals surface area contributed by atoms with E-state index in [1.165, 1.54) is 0 Å². The number of nitrogens with zero attached hydrogens (tertiary/aromatic N) is 4. The summed E-state index contributed by atoms with van der Waals surface area (Å²) in [6, 6.07) is 0. The molecule has 0 bridgehead atoms. The third kappa shape index (κ3) is 3.30. The van der Waals surface area contributed by atoms with Gasteiger partial charge in [-0.15, -0.1) is 5.10 Å². The predicted octanol–water partition coefficient (Wildman–Crippen LogP) is 0.835. The van der Waals surface area contributed by atoms with E-state index >= 15 is 0 Å². The van der Waals surface area contributed by atoms with Gasteiger partial charge in [0.25, 0.3) is 0 Å². The number of tetrazole rings is 1. The van der Waals surface area contributed by atoms with Crippen LogP contribution in [0, 0.1) is 0 Å². The average molecular weight is 212 g/mol. The summed E-state index contributed by atoms with van der Waals surface area (Å²) in [6.07, 6.45) is 0.687. The van der Waals surface area contributed by atoms with Gasteiger partial charge < -0.3 is 5.11 Å². The van der Waals surface area contributed by atoms with Crippen LogP contribution in [0.15, 0.2) is 0 Å². The number of rotatable bonds is 4. The lowest BCUT2D eigenvalue weighted by atomic mass is 9.96. The number of carboxylic acids is 1. The molecule has 0 aliphatic carbocycles. The quantitative estimate of drug-likeness (QED) is 0.799. The Kier molecular flexibility index (Phi) is 3.39. The van der Waals surface area contributed by atoms with Gasteiger partial charge in [0.1, 0.15) is 0 Å². The molecule has 0 saturated heterocycles. The number of hydrogen-bond acceptors (Lipinski definition) is 4. The van der Waals surface area contributed by atoms with Crippen LogP contribution in [-0.2, 0) is 16.8 Å². The highest BCUT2D eigenvalue weighted by molar-refractivity contribution is 5.66. The predicted molar refractivity (Wildman–Crippen MR) is 53.4 cm³/mol. The summed E-state index contributed by atoms with van der Waals surface area (Å²) in [5, 5.41) is 19.9. The van der Waals surface area contributed by atoms with Gasteiger partial charge in [-0.3, -0.25) is 4.79 Å². The zero-order valence-corrected chi connectivity index (χ0v) is 9.27. The van der Waals surface area contributed by atoms with Crippen LogP contribution in [0.2, 0.25) is 0 Å².